The first-order valence-corrected chi connectivity index (χ1v) is 38.7. The highest BCUT2D eigenvalue weighted by Gasteiger charge is 2.55. The van der Waals surface area contributed by atoms with Crippen LogP contribution in [0.1, 0.15) is 79.3 Å². The van der Waals surface area contributed by atoms with E-state index in [1.807, 2.05) is 0 Å². The molecule has 2 saturated carbocycles. The third-order valence-electron chi connectivity index (χ3n) is 18.4. The number of fused-ring (bicyclic) bond motifs is 3. The van der Waals surface area contributed by atoms with E-state index in [4.69, 9.17) is 14.2 Å². The van der Waals surface area contributed by atoms with Crippen LogP contribution >= 0.6 is 0 Å². The Hall–Kier alpha value is -12.7. The smallest absolute Gasteiger partial charge is 0.404 e. The Kier molecular flexibility index (Phi) is 22.8. The summed E-state index contributed by atoms with van der Waals surface area (Å²) in [6.45, 7) is 13.8. The van der Waals surface area contributed by atoms with Crippen LogP contribution in [0.3, 0.4) is 0 Å². The second-order valence-electron chi connectivity index (χ2n) is 26.7. The Bertz CT molecular complexity index is 5990. The van der Waals surface area contributed by atoms with Gasteiger partial charge in [-0.2, -0.15) is 26.3 Å². The van der Waals surface area contributed by atoms with E-state index in [2.05, 4.69) is 98.5 Å². The molecule has 21 nitrogen and oxygen atoms in total. The van der Waals surface area contributed by atoms with Crippen LogP contribution in [0.5, 0.6) is 17.2 Å². The summed E-state index contributed by atoms with van der Waals surface area (Å²) in [6, 6.07) is 24.7. The van der Waals surface area contributed by atoms with Crippen molar-refractivity contribution in [3.05, 3.63) is 234 Å². The van der Waals surface area contributed by atoms with Gasteiger partial charge in [0.25, 0.3) is 30.1 Å². The maximum Gasteiger partial charge on any atom is 0.404 e. The number of anilines is 9. The molecule has 14 rings (SSSR count). The minimum Gasteiger partial charge on any atom is -0.495 e. The molecule has 2 atom stereocenters. The van der Waals surface area contributed by atoms with Crippen LogP contribution in [0.2, 0.25) is 0 Å². The van der Waals surface area contributed by atoms with Crippen molar-refractivity contribution in [3.8, 4) is 52.8 Å². The zero-order valence-corrected chi connectivity index (χ0v) is 63.4. The average molecular weight is 1650 g/mol. The second kappa shape index (κ2) is 32.1. The van der Waals surface area contributed by atoms with E-state index in [0.717, 1.165) is 26.0 Å². The zero-order chi connectivity index (χ0) is 82.9. The van der Waals surface area contributed by atoms with Crippen molar-refractivity contribution in [2.24, 2.45) is 23.2 Å². The number of nitrogens with zero attached hydrogens (tertiary/aromatic N) is 6. The molecule has 3 aliphatic heterocycles. The van der Waals surface area contributed by atoms with Gasteiger partial charge in [0.2, 0.25) is 5.92 Å². The van der Waals surface area contributed by atoms with Gasteiger partial charge in [-0.1, -0.05) is 89.0 Å². The number of methoxy groups -OCH3 is 3. The van der Waals surface area contributed by atoms with E-state index in [1.165, 1.54) is 136 Å². The Morgan fingerprint density at radius 1 is 0.478 bits per heavy atom. The van der Waals surface area contributed by atoms with Gasteiger partial charge in [0.1, 0.15) is 58.9 Å². The number of hydrogen-bond acceptors (Lipinski definition) is 18. The summed E-state index contributed by atoms with van der Waals surface area (Å²) in [5, 5.41) is 10.6. The second-order valence-corrected chi connectivity index (χ2v) is 31.7. The number of aromatic nitrogens is 3. The van der Waals surface area contributed by atoms with Crippen molar-refractivity contribution in [2.45, 2.75) is 78.9 Å². The molecular formula is C80H64F11N9O12S3. The summed E-state index contributed by atoms with van der Waals surface area (Å²) in [4.78, 5) is 4.65. The first kappa shape index (κ1) is 81.8. The Morgan fingerprint density at radius 3 is 1.12 bits per heavy atom. The lowest BCUT2D eigenvalue weighted by Crippen LogP contribution is -2.30. The predicted octanol–water partition coefficient (Wildman–Crippen LogP) is 18.6. The van der Waals surface area contributed by atoms with Crippen LogP contribution in [0, 0.1) is 76.1 Å². The molecular weight excluding hydrogens is 1580 g/mol. The number of halogens is 11. The molecule has 115 heavy (non-hydrogen) atoms. The normalized spacial score (nSPS) is 16.3. The highest BCUT2D eigenvalue weighted by molar-refractivity contribution is 7.93. The van der Waals surface area contributed by atoms with Crippen molar-refractivity contribution in [1.29, 1.82) is 0 Å². The summed E-state index contributed by atoms with van der Waals surface area (Å²) in [6.07, 6.45) is 4.67. The predicted molar refractivity (Wildman–Crippen MR) is 406 cm³/mol. The summed E-state index contributed by atoms with van der Waals surface area (Å²) >= 11 is 0. The van der Waals surface area contributed by atoms with E-state index < -0.39 is 83.0 Å². The molecule has 596 valence electrons. The number of sulfonamides is 3. The number of hydrogen-bond donors (Lipinski definition) is 3. The van der Waals surface area contributed by atoms with Gasteiger partial charge in [-0.25, -0.2) is 47.2 Å². The molecule has 9 aromatic rings. The SMILES string of the molecule is C=C1C=Cc2cc(S(=O)(=O)Nc3ccon3)ccc2N1c1cc(F)c(C#CC(C)(C)C(F)(F)F)cc1OC.C=C1C=Cc2cc(S(=O)(=O)Nc3ccon3)ccc2N1c1cc(F)c(C#CC2CCC(F)(F)CC2)cc1OC.C=C1C=Cc2cc(S(=O)(=O)Nc3ccon3)ccc2N1c1cc(F)c(C#C[C@H]2C[C@@H]2C(F)(F)F)cc1OC. The first-order valence-electron chi connectivity index (χ1n) is 34.2. The number of alkyl halides is 8. The lowest BCUT2D eigenvalue weighted by Gasteiger charge is -2.31. The van der Waals surface area contributed by atoms with E-state index in [9.17, 15) is 60.4 Å². The molecule has 0 amide bonds. The topological polar surface area (TPSA) is 254 Å². The van der Waals surface area contributed by atoms with Crippen LogP contribution in [0.25, 0.3) is 18.2 Å². The van der Waals surface area contributed by atoms with E-state index >= 15 is 13.2 Å². The molecule has 0 radical (unpaired) electrons. The summed E-state index contributed by atoms with van der Waals surface area (Å²) in [7, 11) is -7.80. The van der Waals surface area contributed by atoms with Crippen LogP contribution < -0.4 is 43.1 Å². The summed E-state index contributed by atoms with van der Waals surface area (Å²) in [5.41, 5.74) is 2.53. The molecule has 6 heterocycles. The van der Waals surface area contributed by atoms with E-state index in [0.29, 0.717) is 62.3 Å². The number of nitrogens with one attached hydrogen (secondary N) is 3. The third kappa shape index (κ3) is 18.2. The number of rotatable bonds is 15. The summed E-state index contributed by atoms with van der Waals surface area (Å²) in [5.74, 6) is 8.33. The molecule has 5 aliphatic rings. The van der Waals surface area contributed by atoms with Crippen molar-refractivity contribution in [2.75, 3.05) is 50.2 Å². The third-order valence-corrected chi connectivity index (χ3v) is 22.4. The maximum atomic E-state index is 15.2. The van der Waals surface area contributed by atoms with Crippen molar-refractivity contribution in [3.63, 3.8) is 0 Å². The van der Waals surface area contributed by atoms with E-state index in [-0.39, 0.29) is 110 Å². The monoisotopic (exact) mass is 1650 g/mol. The Morgan fingerprint density at radius 2 is 0.817 bits per heavy atom. The fourth-order valence-electron chi connectivity index (χ4n) is 12.1. The summed E-state index contributed by atoms with van der Waals surface area (Å²) < 4.78 is 264. The Labute approximate surface area is 652 Å². The van der Waals surface area contributed by atoms with Crippen molar-refractivity contribution >= 4 is 99.9 Å². The van der Waals surface area contributed by atoms with Gasteiger partial charge in [0, 0.05) is 96.4 Å². The van der Waals surface area contributed by atoms with Crippen molar-refractivity contribution in [1.82, 2.24) is 15.5 Å². The molecule has 0 bridgehead atoms. The fourth-order valence-corrected chi connectivity index (χ4v) is 15.2. The molecule has 3 N–H and O–H groups in total. The molecule has 35 heteroatoms. The number of benzene rings is 6. The van der Waals surface area contributed by atoms with Gasteiger partial charge in [-0.3, -0.25) is 14.2 Å². The molecule has 0 unspecified atom stereocenters. The van der Waals surface area contributed by atoms with Crippen LogP contribution in [-0.2, 0) is 30.1 Å². The zero-order valence-electron chi connectivity index (χ0n) is 60.9. The van der Waals surface area contributed by atoms with Gasteiger partial charge >= 0.3 is 12.4 Å². The van der Waals surface area contributed by atoms with E-state index in [1.54, 1.807) is 52.3 Å². The van der Waals surface area contributed by atoms with Gasteiger partial charge in [0.15, 0.2) is 17.5 Å². The van der Waals surface area contributed by atoms with Gasteiger partial charge in [-0.05, 0) is 123 Å². The molecule has 0 spiro atoms. The van der Waals surface area contributed by atoms with Gasteiger partial charge < -0.3 is 42.5 Å². The lowest BCUT2D eigenvalue weighted by atomic mass is 9.87. The number of ether oxygens (including phenoxy) is 3. The minimum absolute atomic E-state index is 0.00870. The average Bonchev–Trinajstić information content (AvgIpc) is 1.30. The lowest BCUT2D eigenvalue weighted by molar-refractivity contribution is -0.190. The van der Waals surface area contributed by atoms with Gasteiger partial charge in [0.05, 0.1) is 92.7 Å². The standard InChI is InChI=1S/C28H24F3N3O4S.C26H19F4N3O4S.C26H21F4N3O4S/c1-18-3-5-21-15-22(39(35,36)33-27-11-14-38-32-27)7-8-24(21)34(18)25-17-23(29)20(16-26(25)37-2)6-4-19-9-12-28(30,31)13-10-19;1-15-3-4-18-11-19(38(34,35)32-25-9-10-37-31-25)7-8-22(18)33(15)23-14-21(27)17(13-24(23)36-2)6-5-16-12-20(16)26(28,29)30;1-16-5-6-18-13-19(38(34,35)32-24-10-12-37-31-24)7-8-21(18)33(16)22-15-20(27)17(14-23(22)36-4)9-11-25(2,3)26(28,29)30/h3,5,7-8,11,14-17,19H,1,9-10,12-13H2,2H3,(H,32,33);3-4,7-11,13-14,16,20H,1,12H2,2H3,(H,31,32);5-8,10,12-15H,1H2,2-4H3,(H,31,32)/t;16-,20-;/m.0./s1. The Balaban J connectivity index is 0.000000159. The van der Waals surface area contributed by atoms with Crippen LogP contribution in [0.4, 0.5) is 99.9 Å². The molecule has 2 aliphatic carbocycles. The van der Waals surface area contributed by atoms with Gasteiger partial charge in [-0.15, -0.1) is 0 Å². The highest BCUT2D eigenvalue weighted by Crippen LogP contribution is 2.51. The van der Waals surface area contributed by atoms with Crippen molar-refractivity contribution < 1.29 is 101 Å². The first-order chi connectivity index (χ1) is 54.3. The molecule has 2 fully saturated rings. The minimum atomic E-state index is -4.60. The van der Waals surface area contributed by atoms with Crippen LogP contribution in [-0.4, -0.2) is 80.3 Å². The molecule has 0 saturated heterocycles. The fraction of sp³-hybridized carbons (Fsp3) is 0.212. The molecule has 6 aromatic carbocycles. The highest BCUT2D eigenvalue weighted by atomic mass is 32.2. The maximum absolute atomic E-state index is 15.2. The quantitative estimate of drug-likeness (QED) is 0.0637. The molecule has 3 aromatic heterocycles. The largest absolute Gasteiger partial charge is 0.495 e. The number of allylic oxidation sites excluding steroid dienone is 3. The van der Waals surface area contributed by atoms with Crippen LogP contribution in [0.15, 0.2) is 211 Å².